The molecule has 1 aliphatic heterocycles. The van der Waals surface area contributed by atoms with E-state index >= 15 is 0 Å². The van der Waals surface area contributed by atoms with Crippen molar-refractivity contribution in [2.24, 2.45) is 0 Å². The first-order chi connectivity index (χ1) is 11.8. The number of morpholine rings is 1. The maximum atomic E-state index is 12.4. The Morgan fingerprint density at radius 1 is 1.04 bits per heavy atom. The molecule has 4 rings (SSSR count). The molecule has 0 atom stereocenters. The number of Topliss-reactive ketones (excluding diaryl/α,β-unsaturated/α-hetero) is 1. The summed E-state index contributed by atoms with van der Waals surface area (Å²) in [7, 11) is 0. The van der Waals surface area contributed by atoms with Crippen molar-refractivity contribution < 1.29 is 9.53 Å². The summed E-state index contributed by atoms with van der Waals surface area (Å²) in [5.74, 6) is 1.44. The Morgan fingerprint density at radius 2 is 1.83 bits per heavy atom. The van der Waals surface area contributed by atoms with Crippen molar-refractivity contribution in [2.45, 2.75) is 19.3 Å². The molecule has 6 nitrogen and oxygen atoms in total. The average molecular weight is 324 g/mol. The van der Waals surface area contributed by atoms with Crippen molar-refractivity contribution in [1.29, 1.82) is 0 Å². The van der Waals surface area contributed by atoms with Crippen molar-refractivity contribution in [1.82, 2.24) is 9.97 Å². The minimum atomic E-state index is 0.128. The second kappa shape index (κ2) is 6.57. The van der Waals surface area contributed by atoms with Gasteiger partial charge in [-0.3, -0.25) is 4.79 Å². The molecule has 0 radical (unpaired) electrons. The highest BCUT2D eigenvalue weighted by Crippen LogP contribution is 2.30. The lowest BCUT2D eigenvalue weighted by molar-refractivity contribution is 0.0972. The van der Waals surface area contributed by atoms with Crippen LogP contribution in [0.4, 0.5) is 17.5 Å². The van der Waals surface area contributed by atoms with E-state index in [0.29, 0.717) is 37.0 Å². The van der Waals surface area contributed by atoms with E-state index in [4.69, 9.17) is 4.74 Å². The van der Waals surface area contributed by atoms with Gasteiger partial charge in [0, 0.05) is 25.2 Å². The number of aryl methyl sites for hydroxylation is 1. The monoisotopic (exact) mass is 324 g/mol. The molecule has 0 bridgehead atoms. The number of hydrogen-bond donors (Lipinski definition) is 1. The summed E-state index contributed by atoms with van der Waals surface area (Å²) in [6.45, 7) is 2.91. The van der Waals surface area contributed by atoms with E-state index in [1.165, 1.54) is 0 Å². The number of carbonyl (C=O) groups is 1. The Morgan fingerprint density at radius 3 is 2.62 bits per heavy atom. The molecule has 1 N–H and O–H groups in total. The van der Waals surface area contributed by atoms with Crippen LogP contribution in [0.15, 0.2) is 30.3 Å². The molecule has 1 fully saturated rings. The van der Waals surface area contributed by atoms with Gasteiger partial charge in [0.1, 0.15) is 5.82 Å². The molecule has 1 aromatic heterocycles. The van der Waals surface area contributed by atoms with E-state index in [2.05, 4.69) is 20.2 Å². The minimum absolute atomic E-state index is 0.128. The SMILES string of the molecule is O=C1CCCc2nc(N3CCOCC3)nc(Nc3ccccc3)c21. The van der Waals surface area contributed by atoms with Gasteiger partial charge in [0.25, 0.3) is 0 Å². The molecule has 1 aromatic carbocycles. The molecule has 2 aromatic rings. The fourth-order valence-electron chi connectivity index (χ4n) is 3.16. The molecule has 1 saturated heterocycles. The van der Waals surface area contributed by atoms with E-state index in [9.17, 15) is 4.79 Å². The van der Waals surface area contributed by atoms with Gasteiger partial charge in [-0.1, -0.05) is 18.2 Å². The zero-order valence-electron chi connectivity index (χ0n) is 13.5. The lowest BCUT2D eigenvalue weighted by atomic mass is 9.95. The topological polar surface area (TPSA) is 67.4 Å². The number of hydrogen-bond acceptors (Lipinski definition) is 6. The van der Waals surface area contributed by atoms with E-state index in [-0.39, 0.29) is 5.78 Å². The van der Waals surface area contributed by atoms with Crippen molar-refractivity contribution in [3.8, 4) is 0 Å². The Hall–Kier alpha value is -2.47. The molecule has 2 aliphatic rings. The maximum absolute atomic E-state index is 12.4. The summed E-state index contributed by atoms with van der Waals surface area (Å²) < 4.78 is 5.41. The largest absolute Gasteiger partial charge is 0.378 e. The zero-order chi connectivity index (χ0) is 16.4. The van der Waals surface area contributed by atoms with Crippen LogP contribution in [-0.4, -0.2) is 42.1 Å². The van der Waals surface area contributed by atoms with Crippen molar-refractivity contribution in [3.05, 3.63) is 41.6 Å². The van der Waals surface area contributed by atoms with Gasteiger partial charge >= 0.3 is 0 Å². The fourth-order valence-corrected chi connectivity index (χ4v) is 3.16. The standard InChI is InChI=1S/C18H20N4O2/c23-15-8-4-7-14-16(15)17(19-13-5-2-1-3-6-13)21-18(20-14)22-9-11-24-12-10-22/h1-3,5-6H,4,7-12H2,(H,19,20,21). The second-order valence-electron chi connectivity index (χ2n) is 6.06. The number of ketones is 1. The number of nitrogens with one attached hydrogen (secondary N) is 1. The van der Waals surface area contributed by atoms with Crippen molar-refractivity contribution >= 4 is 23.2 Å². The van der Waals surface area contributed by atoms with E-state index in [1.54, 1.807) is 0 Å². The predicted molar refractivity (Wildman–Crippen MR) is 92.1 cm³/mol. The molecular formula is C18H20N4O2. The maximum Gasteiger partial charge on any atom is 0.227 e. The van der Waals surface area contributed by atoms with Crippen LogP contribution in [0, 0.1) is 0 Å². The quantitative estimate of drug-likeness (QED) is 0.936. The number of para-hydroxylation sites is 1. The van der Waals surface area contributed by atoms with E-state index in [0.717, 1.165) is 37.3 Å². The predicted octanol–water partition coefficient (Wildman–Crippen LogP) is 2.58. The highest BCUT2D eigenvalue weighted by Gasteiger charge is 2.26. The van der Waals surface area contributed by atoms with Crippen molar-refractivity contribution in [2.75, 3.05) is 36.5 Å². The van der Waals surface area contributed by atoms with Crippen LogP contribution in [0.2, 0.25) is 0 Å². The number of benzene rings is 1. The Bertz CT molecular complexity index is 742. The summed E-state index contributed by atoms with van der Waals surface area (Å²) in [6.07, 6.45) is 2.25. The van der Waals surface area contributed by atoms with Gasteiger partial charge in [-0.25, -0.2) is 4.98 Å². The fraction of sp³-hybridized carbons (Fsp3) is 0.389. The molecule has 2 heterocycles. The summed E-state index contributed by atoms with van der Waals surface area (Å²) in [6, 6.07) is 9.82. The van der Waals surface area contributed by atoms with Crippen molar-refractivity contribution in [3.63, 3.8) is 0 Å². The van der Waals surface area contributed by atoms with Gasteiger partial charge in [-0.2, -0.15) is 4.98 Å². The smallest absolute Gasteiger partial charge is 0.227 e. The third-order valence-electron chi connectivity index (χ3n) is 4.40. The average Bonchev–Trinajstić information content (AvgIpc) is 2.63. The molecule has 24 heavy (non-hydrogen) atoms. The van der Waals surface area contributed by atoms with Crippen LogP contribution >= 0.6 is 0 Å². The normalized spacial score (nSPS) is 17.5. The van der Waals surface area contributed by atoms with Gasteiger partial charge in [-0.15, -0.1) is 0 Å². The lowest BCUT2D eigenvalue weighted by Crippen LogP contribution is -2.38. The van der Waals surface area contributed by atoms with Crippen LogP contribution < -0.4 is 10.2 Å². The number of aromatic nitrogens is 2. The van der Waals surface area contributed by atoms with E-state index in [1.807, 2.05) is 30.3 Å². The number of ether oxygens (including phenoxy) is 1. The van der Waals surface area contributed by atoms with Gasteiger partial charge in [0.15, 0.2) is 5.78 Å². The van der Waals surface area contributed by atoms with E-state index < -0.39 is 0 Å². The molecule has 0 amide bonds. The first kappa shape index (κ1) is 15.1. The van der Waals surface area contributed by atoms with Crippen LogP contribution in [0.25, 0.3) is 0 Å². The van der Waals surface area contributed by atoms with Crippen LogP contribution in [0.5, 0.6) is 0 Å². The molecule has 1 aliphatic carbocycles. The molecule has 0 spiro atoms. The number of fused-ring (bicyclic) bond motifs is 1. The molecular weight excluding hydrogens is 304 g/mol. The van der Waals surface area contributed by atoms with Gasteiger partial charge < -0.3 is 15.0 Å². The summed E-state index contributed by atoms with van der Waals surface area (Å²) >= 11 is 0. The number of anilines is 3. The first-order valence-electron chi connectivity index (χ1n) is 8.40. The van der Waals surface area contributed by atoms with Gasteiger partial charge in [-0.05, 0) is 25.0 Å². The third-order valence-corrected chi connectivity index (χ3v) is 4.40. The second-order valence-corrected chi connectivity index (χ2v) is 6.06. The lowest BCUT2D eigenvalue weighted by Gasteiger charge is -2.28. The highest BCUT2D eigenvalue weighted by atomic mass is 16.5. The molecule has 0 saturated carbocycles. The third kappa shape index (κ3) is 2.97. The van der Waals surface area contributed by atoms with Crippen LogP contribution in [0.1, 0.15) is 28.9 Å². The Labute approximate surface area is 140 Å². The minimum Gasteiger partial charge on any atom is -0.378 e. The summed E-state index contributed by atoms with van der Waals surface area (Å²) in [4.78, 5) is 23.9. The number of rotatable bonds is 3. The summed E-state index contributed by atoms with van der Waals surface area (Å²) in [5.41, 5.74) is 2.44. The molecule has 124 valence electrons. The Kier molecular flexibility index (Phi) is 4.13. The van der Waals surface area contributed by atoms with Gasteiger partial charge in [0.05, 0.1) is 24.5 Å². The number of carbonyl (C=O) groups excluding carboxylic acids is 1. The first-order valence-corrected chi connectivity index (χ1v) is 8.40. The Balaban J connectivity index is 1.75. The van der Waals surface area contributed by atoms with Crippen LogP contribution in [0.3, 0.4) is 0 Å². The molecule has 6 heteroatoms. The molecule has 0 unspecified atom stereocenters. The summed E-state index contributed by atoms with van der Waals surface area (Å²) in [5, 5.41) is 3.31. The zero-order valence-corrected chi connectivity index (χ0v) is 13.5. The van der Waals surface area contributed by atoms with Gasteiger partial charge in [0.2, 0.25) is 5.95 Å². The highest BCUT2D eigenvalue weighted by molar-refractivity contribution is 6.03. The van der Waals surface area contributed by atoms with Crippen LogP contribution in [-0.2, 0) is 11.2 Å². The number of nitrogens with zero attached hydrogens (tertiary/aromatic N) is 3.